The number of piperazine rings is 1. The normalized spacial score (nSPS) is 25.8. The number of benzene rings is 1. The first-order valence-electron chi connectivity index (χ1n) is 12.5. The largest absolute Gasteiger partial charge is 0.338 e. The summed E-state index contributed by atoms with van der Waals surface area (Å²) in [6, 6.07) is 11.6. The van der Waals surface area contributed by atoms with Gasteiger partial charge in [-0.05, 0) is 54.1 Å². The molecule has 0 spiro atoms. The fourth-order valence-electron chi connectivity index (χ4n) is 5.81. The van der Waals surface area contributed by atoms with Crippen LogP contribution in [-0.2, 0) is 9.59 Å². The number of likely N-dealkylation sites (N-methyl/N-ethyl adjacent to an activating group) is 1. The molecule has 3 atom stereocenters. The van der Waals surface area contributed by atoms with E-state index in [1.54, 1.807) is 29.3 Å². The summed E-state index contributed by atoms with van der Waals surface area (Å²) in [5.41, 5.74) is 3.67. The lowest BCUT2D eigenvalue weighted by atomic mass is 9.98. The molecule has 4 heterocycles. The zero-order valence-electron chi connectivity index (χ0n) is 20.3. The molecular weight excluding hydrogens is 454 g/mol. The summed E-state index contributed by atoms with van der Waals surface area (Å²) in [5.74, 6) is 0.674. The predicted octanol–water partition coefficient (Wildman–Crippen LogP) is 2.37. The lowest BCUT2D eigenvalue weighted by Gasteiger charge is -2.37. The van der Waals surface area contributed by atoms with E-state index in [9.17, 15) is 14.4 Å². The highest BCUT2D eigenvalue weighted by Crippen LogP contribution is 2.41. The van der Waals surface area contributed by atoms with Gasteiger partial charge in [0.25, 0.3) is 5.91 Å². The molecule has 6 rings (SSSR count). The molecule has 3 aliphatic heterocycles. The Morgan fingerprint density at radius 2 is 1.94 bits per heavy atom. The number of allylic oxidation sites excluding steroid dienone is 1. The fourth-order valence-corrected chi connectivity index (χ4v) is 5.81. The molecule has 0 bridgehead atoms. The van der Waals surface area contributed by atoms with E-state index in [0.29, 0.717) is 42.6 Å². The molecule has 2 saturated heterocycles. The number of aromatic nitrogens is 1. The van der Waals surface area contributed by atoms with Crippen LogP contribution in [0.15, 0.2) is 54.7 Å². The molecule has 1 aromatic carbocycles. The number of pyridine rings is 1. The highest BCUT2D eigenvalue weighted by Gasteiger charge is 2.39. The van der Waals surface area contributed by atoms with Crippen LogP contribution in [0.25, 0.3) is 11.6 Å². The molecule has 3 amide bonds. The van der Waals surface area contributed by atoms with Crippen molar-refractivity contribution in [1.82, 2.24) is 19.7 Å². The third-order valence-electron chi connectivity index (χ3n) is 7.79. The van der Waals surface area contributed by atoms with Crippen LogP contribution in [0.3, 0.4) is 0 Å². The number of nitrogens with one attached hydrogen (secondary N) is 1. The SMILES string of the molecule is CN1CCN2C(=O)c3cc(C=CC(=O)N4CC5C=C(c6ccccc6)CC5C4)cnc3NC(=O)C2C1. The van der Waals surface area contributed by atoms with Crippen molar-refractivity contribution in [3.8, 4) is 0 Å². The van der Waals surface area contributed by atoms with Gasteiger partial charge in [0.2, 0.25) is 11.8 Å². The van der Waals surface area contributed by atoms with E-state index >= 15 is 0 Å². The molecule has 1 N–H and O–H groups in total. The Morgan fingerprint density at radius 1 is 1.11 bits per heavy atom. The van der Waals surface area contributed by atoms with E-state index in [1.165, 1.54) is 11.1 Å². The van der Waals surface area contributed by atoms with E-state index in [4.69, 9.17) is 0 Å². The van der Waals surface area contributed by atoms with Crippen LogP contribution in [0.5, 0.6) is 0 Å². The number of anilines is 1. The smallest absolute Gasteiger partial charge is 0.258 e. The lowest BCUT2D eigenvalue weighted by Crippen LogP contribution is -2.57. The summed E-state index contributed by atoms with van der Waals surface area (Å²) in [6.07, 6.45) is 8.18. The molecule has 36 heavy (non-hydrogen) atoms. The molecule has 0 saturated carbocycles. The number of carbonyl (C=O) groups is 3. The quantitative estimate of drug-likeness (QED) is 0.678. The maximum Gasteiger partial charge on any atom is 0.258 e. The van der Waals surface area contributed by atoms with Gasteiger partial charge >= 0.3 is 0 Å². The summed E-state index contributed by atoms with van der Waals surface area (Å²) in [6.45, 7) is 3.17. The number of rotatable bonds is 3. The van der Waals surface area contributed by atoms with E-state index in [1.807, 2.05) is 22.9 Å². The van der Waals surface area contributed by atoms with Crippen molar-refractivity contribution >= 4 is 35.2 Å². The van der Waals surface area contributed by atoms with E-state index < -0.39 is 6.04 Å². The summed E-state index contributed by atoms with van der Waals surface area (Å²) < 4.78 is 0. The first kappa shape index (κ1) is 22.7. The van der Waals surface area contributed by atoms with Crippen LogP contribution in [0.1, 0.15) is 27.9 Å². The molecule has 8 heteroatoms. The maximum absolute atomic E-state index is 13.2. The summed E-state index contributed by atoms with van der Waals surface area (Å²) in [7, 11) is 1.94. The van der Waals surface area contributed by atoms with Crippen LogP contribution in [0, 0.1) is 11.8 Å². The van der Waals surface area contributed by atoms with Gasteiger partial charge in [-0.2, -0.15) is 0 Å². The van der Waals surface area contributed by atoms with Crippen molar-refractivity contribution < 1.29 is 14.4 Å². The monoisotopic (exact) mass is 483 g/mol. The van der Waals surface area contributed by atoms with Gasteiger partial charge in [-0.3, -0.25) is 14.4 Å². The molecular formula is C28H29N5O3. The average Bonchev–Trinajstić information content (AvgIpc) is 3.45. The van der Waals surface area contributed by atoms with Crippen molar-refractivity contribution in [3.05, 3.63) is 71.4 Å². The number of carbonyl (C=O) groups excluding carboxylic acids is 3. The zero-order chi connectivity index (χ0) is 24.8. The molecule has 8 nitrogen and oxygen atoms in total. The summed E-state index contributed by atoms with van der Waals surface area (Å²) >= 11 is 0. The third-order valence-corrected chi connectivity index (χ3v) is 7.79. The molecule has 3 unspecified atom stereocenters. The third kappa shape index (κ3) is 4.11. The second kappa shape index (κ2) is 9.02. The topological polar surface area (TPSA) is 85.8 Å². The van der Waals surface area contributed by atoms with Gasteiger partial charge in [0.15, 0.2) is 0 Å². The van der Waals surface area contributed by atoms with Gasteiger partial charge in [0, 0.05) is 45.0 Å². The van der Waals surface area contributed by atoms with E-state index in [0.717, 1.165) is 19.5 Å². The molecule has 0 radical (unpaired) electrons. The second-order valence-electron chi connectivity index (χ2n) is 10.2. The highest BCUT2D eigenvalue weighted by atomic mass is 16.2. The molecule has 4 aliphatic rings. The number of likely N-dealkylation sites (tertiary alicyclic amines) is 1. The summed E-state index contributed by atoms with van der Waals surface area (Å²) in [4.78, 5) is 48.8. The standard InChI is InChI=1S/C28H29N5O3/c1-31-9-10-33-24(17-31)27(35)30-26-23(28(33)36)11-18(14-29-26)7-8-25(34)32-15-21-12-20(13-22(21)16-32)19-5-3-2-4-6-19/h2-8,11-12,14,21-22,24H,9-10,13,15-17H2,1H3,(H,29,30,35). The first-order chi connectivity index (χ1) is 17.5. The fraction of sp³-hybridized carbons (Fsp3) is 0.357. The average molecular weight is 484 g/mol. The van der Waals surface area contributed by atoms with Gasteiger partial charge in [0.1, 0.15) is 11.9 Å². The molecule has 184 valence electrons. The number of fused-ring (bicyclic) bond motifs is 3. The van der Waals surface area contributed by atoms with Crippen molar-refractivity contribution in [1.29, 1.82) is 0 Å². The Labute approximate surface area is 210 Å². The maximum atomic E-state index is 13.2. The van der Waals surface area contributed by atoms with Crippen molar-refractivity contribution in [2.75, 3.05) is 45.1 Å². The van der Waals surface area contributed by atoms with Crippen molar-refractivity contribution in [2.45, 2.75) is 12.5 Å². The lowest BCUT2D eigenvalue weighted by molar-refractivity contribution is -0.125. The highest BCUT2D eigenvalue weighted by molar-refractivity contribution is 6.09. The number of amides is 3. The number of hydrogen-bond donors (Lipinski definition) is 1. The number of hydrogen-bond acceptors (Lipinski definition) is 5. The first-order valence-corrected chi connectivity index (χ1v) is 12.5. The molecule has 2 aromatic rings. The van der Waals surface area contributed by atoms with Crippen LogP contribution < -0.4 is 5.32 Å². The molecule has 2 fully saturated rings. The van der Waals surface area contributed by atoms with Gasteiger partial charge in [0.05, 0.1) is 5.56 Å². The van der Waals surface area contributed by atoms with Gasteiger partial charge in [-0.15, -0.1) is 0 Å². The Morgan fingerprint density at radius 3 is 2.75 bits per heavy atom. The van der Waals surface area contributed by atoms with Crippen LogP contribution in [0.4, 0.5) is 5.82 Å². The van der Waals surface area contributed by atoms with Gasteiger partial charge < -0.3 is 20.0 Å². The molecule has 1 aromatic heterocycles. The Balaban J connectivity index is 1.14. The predicted molar refractivity (Wildman–Crippen MR) is 137 cm³/mol. The van der Waals surface area contributed by atoms with Crippen LogP contribution in [0.2, 0.25) is 0 Å². The Bertz CT molecular complexity index is 1290. The second-order valence-corrected chi connectivity index (χ2v) is 10.2. The van der Waals surface area contributed by atoms with E-state index in [2.05, 4.69) is 40.6 Å². The van der Waals surface area contributed by atoms with Crippen molar-refractivity contribution in [3.63, 3.8) is 0 Å². The Kier molecular flexibility index (Phi) is 5.68. The Hall–Kier alpha value is -3.78. The minimum absolute atomic E-state index is 0.0345. The van der Waals surface area contributed by atoms with E-state index in [-0.39, 0.29) is 23.5 Å². The van der Waals surface area contributed by atoms with Crippen LogP contribution in [-0.4, -0.2) is 83.2 Å². The van der Waals surface area contributed by atoms with Crippen molar-refractivity contribution in [2.24, 2.45) is 11.8 Å². The summed E-state index contributed by atoms with van der Waals surface area (Å²) in [5, 5.41) is 2.80. The minimum atomic E-state index is -0.530. The van der Waals surface area contributed by atoms with Crippen LogP contribution >= 0.6 is 0 Å². The van der Waals surface area contributed by atoms with Gasteiger partial charge in [-0.1, -0.05) is 36.4 Å². The van der Waals surface area contributed by atoms with Gasteiger partial charge in [-0.25, -0.2) is 4.98 Å². The zero-order valence-corrected chi connectivity index (χ0v) is 20.3. The number of nitrogens with zero attached hydrogens (tertiary/aromatic N) is 4. The minimum Gasteiger partial charge on any atom is -0.338 e. The molecule has 1 aliphatic carbocycles.